The van der Waals surface area contributed by atoms with Gasteiger partial charge < -0.3 is 29.2 Å². The Labute approximate surface area is 133 Å². The molecule has 7 nitrogen and oxygen atoms in total. The molecule has 0 spiro atoms. The van der Waals surface area contributed by atoms with Gasteiger partial charge in [0, 0.05) is 5.92 Å². The molecule has 4 atom stereocenters. The van der Waals surface area contributed by atoms with Gasteiger partial charge in [-0.2, -0.15) is 0 Å². The first-order valence-corrected chi connectivity index (χ1v) is 7.16. The van der Waals surface area contributed by atoms with Gasteiger partial charge in [-0.1, -0.05) is 12.2 Å². The van der Waals surface area contributed by atoms with Crippen LogP contribution in [0.5, 0.6) is 17.2 Å². The van der Waals surface area contributed by atoms with Crippen LogP contribution in [-0.4, -0.2) is 49.4 Å². The minimum absolute atomic E-state index is 0.0747. The zero-order chi connectivity index (χ0) is 16.6. The van der Waals surface area contributed by atoms with E-state index in [0.29, 0.717) is 22.8 Å². The first-order valence-electron chi connectivity index (χ1n) is 7.16. The third-order valence-electron chi connectivity index (χ3n) is 4.16. The minimum Gasteiger partial charge on any atom is -0.493 e. The fourth-order valence-corrected chi connectivity index (χ4v) is 3.00. The van der Waals surface area contributed by atoms with Crippen molar-refractivity contribution in [3.05, 3.63) is 29.8 Å². The van der Waals surface area contributed by atoms with Gasteiger partial charge in [0.25, 0.3) is 0 Å². The highest BCUT2D eigenvalue weighted by molar-refractivity contribution is 5.76. The SMILES string of the molecule is COC(=O)[C@H]1C=C[C@@H](O)[C@@H](O)[C@@H]1c1cc(OC)c2c(c1)OCO2. The lowest BCUT2D eigenvalue weighted by Gasteiger charge is -2.33. The number of fused-ring (bicyclic) bond motifs is 1. The van der Waals surface area contributed by atoms with Crippen molar-refractivity contribution in [1.29, 1.82) is 0 Å². The molecule has 0 saturated carbocycles. The second kappa shape index (κ2) is 6.10. The van der Waals surface area contributed by atoms with E-state index in [-0.39, 0.29) is 6.79 Å². The molecular formula is C16H18O7. The molecule has 3 rings (SSSR count). The van der Waals surface area contributed by atoms with Crippen LogP contribution in [0.4, 0.5) is 0 Å². The highest BCUT2D eigenvalue weighted by Gasteiger charge is 2.41. The molecule has 7 heteroatoms. The molecule has 1 aliphatic carbocycles. The van der Waals surface area contributed by atoms with Crippen molar-refractivity contribution in [3.8, 4) is 17.2 Å². The summed E-state index contributed by atoms with van der Waals surface area (Å²) in [7, 11) is 2.77. The van der Waals surface area contributed by atoms with Gasteiger partial charge in [-0.3, -0.25) is 4.79 Å². The first kappa shape index (κ1) is 15.6. The van der Waals surface area contributed by atoms with Crippen LogP contribution in [-0.2, 0) is 9.53 Å². The number of hydrogen-bond donors (Lipinski definition) is 2. The van der Waals surface area contributed by atoms with E-state index in [1.807, 2.05) is 0 Å². The highest BCUT2D eigenvalue weighted by Crippen LogP contribution is 2.46. The van der Waals surface area contributed by atoms with Gasteiger partial charge in [-0.25, -0.2) is 0 Å². The number of carbonyl (C=O) groups is 1. The van der Waals surface area contributed by atoms with Gasteiger partial charge in [0.1, 0.15) is 0 Å². The Kier molecular flexibility index (Phi) is 4.14. The predicted octanol–water partition coefficient (Wildman–Crippen LogP) is 0.588. The number of aliphatic hydroxyl groups is 2. The number of ether oxygens (including phenoxy) is 4. The Bertz CT molecular complexity index is 640. The largest absolute Gasteiger partial charge is 0.493 e. The fourth-order valence-electron chi connectivity index (χ4n) is 3.00. The number of benzene rings is 1. The van der Waals surface area contributed by atoms with Gasteiger partial charge in [0.05, 0.1) is 32.3 Å². The van der Waals surface area contributed by atoms with E-state index in [2.05, 4.69) is 0 Å². The summed E-state index contributed by atoms with van der Waals surface area (Å²) >= 11 is 0. The van der Waals surface area contributed by atoms with E-state index in [4.69, 9.17) is 18.9 Å². The molecule has 1 aromatic rings. The summed E-state index contributed by atoms with van der Waals surface area (Å²) in [5, 5.41) is 20.3. The Hall–Kier alpha value is -2.25. The maximum atomic E-state index is 12.0. The molecule has 124 valence electrons. The van der Waals surface area contributed by atoms with Gasteiger partial charge in [-0.15, -0.1) is 0 Å². The summed E-state index contributed by atoms with van der Waals surface area (Å²) in [6.07, 6.45) is 0.712. The zero-order valence-electron chi connectivity index (χ0n) is 12.8. The van der Waals surface area contributed by atoms with Crippen molar-refractivity contribution >= 4 is 5.97 Å². The summed E-state index contributed by atoms with van der Waals surface area (Å²) in [6.45, 7) is 0.0747. The van der Waals surface area contributed by atoms with Crippen molar-refractivity contribution in [2.75, 3.05) is 21.0 Å². The van der Waals surface area contributed by atoms with Crippen molar-refractivity contribution in [2.45, 2.75) is 18.1 Å². The Morgan fingerprint density at radius 3 is 2.70 bits per heavy atom. The molecule has 0 amide bonds. The van der Waals surface area contributed by atoms with Crippen LogP contribution in [0.25, 0.3) is 0 Å². The lowest BCUT2D eigenvalue weighted by atomic mass is 9.76. The summed E-state index contributed by atoms with van der Waals surface area (Å²) in [5.74, 6) is -0.510. The average Bonchev–Trinajstić information content (AvgIpc) is 3.04. The smallest absolute Gasteiger partial charge is 0.313 e. The van der Waals surface area contributed by atoms with E-state index < -0.39 is 30.0 Å². The van der Waals surface area contributed by atoms with E-state index >= 15 is 0 Å². The number of carbonyl (C=O) groups excluding carboxylic acids is 1. The van der Waals surface area contributed by atoms with Crippen LogP contribution < -0.4 is 14.2 Å². The number of hydrogen-bond acceptors (Lipinski definition) is 7. The molecule has 0 aromatic heterocycles. The van der Waals surface area contributed by atoms with Gasteiger partial charge >= 0.3 is 5.97 Å². The fraction of sp³-hybridized carbons (Fsp3) is 0.438. The molecule has 1 heterocycles. The molecule has 2 N–H and O–H groups in total. The summed E-state index contributed by atoms with van der Waals surface area (Å²) in [5.41, 5.74) is 0.595. The zero-order valence-corrected chi connectivity index (χ0v) is 12.8. The molecule has 0 bridgehead atoms. The van der Waals surface area contributed by atoms with Crippen LogP contribution in [0.2, 0.25) is 0 Å². The number of rotatable bonds is 3. The topological polar surface area (TPSA) is 94.5 Å². The van der Waals surface area contributed by atoms with Crippen molar-refractivity contribution in [3.63, 3.8) is 0 Å². The normalized spacial score (nSPS) is 28.5. The second-order valence-corrected chi connectivity index (χ2v) is 5.40. The Morgan fingerprint density at radius 2 is 2.00 bits per heavy atom. The van der Waals surface area contributed by atoms with E-state index in [1.54, 1.807) is 18.2 Å². The highest BCUT2D eigenvalue weighted by atomic mass is 16.7. The van der Waals surface area contributed by atoms with E-state index in [0.717, 1.165) is 0 Å². The lowest BCUT2D eigenvalue weighted by molar-refractivity contribution is -0.146. The maximum absolute atomic E-state index is 12.0. The summed E-state index contributed by atoms with van der Waals surface area (Å²) < 4.78 is 20.8. The standard InChI is InChI=1S/C16H18O7/c1-20-11-5-8(6-12-15(11)23-7-22-12)13-9(16(19)21-2)3-4-10(17)14(13)18/h3-6,9-10,13-14,17-18H,7H2,1-2H3/t9-,10+,13+,14+/m0/s1. The minimum atomic E-state index is -1.16. The van der Waals surface area contributed by atoms with Crippen LogP contribution in [0.3, 0.4) is 0 Å². The summed E-state index contributed by atoms with van der Waals surface area (Å²) in [6, 6.07) is 3.35. The molecule has 23 heavy (non-hydrogen) atoms. The molecule has 1 aromatic carbocycles. The number of aliphatic hydroxyl groups excluding tert-OH is 2. The van der Waals surface area contributed by atoms with Crippen LogP contribution in [0, 0.1) is 5.92 Å². The molecular weight excluding hydrogens is 304 g/mol. The van der Waals surface area contributed by atoms with E-state index in [9.17, 15) is 15.0 Å². The number of methoxy groups -OCH3 is 2. The second-order valence-electron chi connectivity index (χ2n) is 5.40. The van der Waals surface area contributed by atoms with Gasteiger partial charge in [-0.05, 0) is 17.7 Å². The Balaban J connectivity index is 2.07. The monoisotopic (exact) mass is 322 g/mol. The number of esters is 1. The van der Waals surface area contributed by atoms with Crippen molar-refractivity contribution in [2.24, 2.45) is 5.92 Å². The van der Waals surface area contributed by atoms with Crippen LogP contribution >= 0.6 is 0 Å². The van der Waals surface area contributed by atoms with Crippen molar-refractivity contribution < 1.29 is 34.0 Å². The molecule has 1 aliphatic heterocycles. The quantitative estimate of drug-likeness (QED) is 0.621. The average molecular weight is 322 g/mol. The van der Waals surface area contributed by atoms with E-state index in [1.165, 1.54) is 20.3 Å². The summed E-state index contributed by atoms with van der Waals surface area (Å²) in [4.78, 5) is 12.0. The third-order valence-corrected chi connectivity index (χ3v) is 4.16. The lowest BCUT2D eigenvalue weighted by Crippen LogP contribution is -2.40. The molecule has 0 unspecified atom stereocenters. The van der Waals surface area contributed by atoms with Crippen LogP contribution in [0.1, 0.15) is 11.5 Å². The maximum Gasteiger partial charge on any atom is 0.313 e. The van der Waals surface area contributed by atoms with Crippen LogP contribution in [0.15, 0.2) is 24.3 Å². The first-order chi connectivity index (χ1) is 11.1. The molecule has 2 aliphatic rings. The predicted molar refractivity (Wildman–Crippen MR) is 78.5 cm³/mol. The van der Waals surface area contributed by atoms with Gasteiger partial charge in [0.2, 0.25) is 12.5 Å². The molecule has 0 fully saturated rings. The molecule has 0 radical (unpaired) electrons. The third kappa shape index (κ3) is 2.62. The van der Waals surface area contributed by atoms with Gasteiger partial charge in [0.15, 0.2) is 11.5 Å². The van der Waals surface area contributed by atoms with Crippen molar-refractivity contribution in [1.82, 2.24) is 0 Å². The Morgan fingerprint density at radius 1 is 1.22 bits per heavy atom. The molecule has 0 saturated heterocycles.